The van der Waals surface area contributed by atoms with Crippen LogP contribution in [-0.2, 0) is 5.41 Å². The van der Waals surface area contributed by atoms with E-state index in [4.69, 9.17) is 8.83 Å². The summed E-state index contributed by atoms with van der Waals surface area (Å²) in [5.41, 5.74) is 14.9. The Morgan fingerprint density at radius 2 is 0.887 bits per heavy atom. The molecule has 1 aliphatic carbocycles. The molecule has 0 bridgehead atoms. The summed E-state index contributed by atoms with van der Waals surface area (Å²) in [6.45, 7) is 2.38. The standard InChI is InChI=1S/C50H33NO2/c1-50(42-19-9-5-15-36(42)37-16-6-10-20-43(37)50)44-31-49-41(39-18-8-12-22-47(39)53-49)30-45(44)51(34-25-23-33(24-26-34)32-13-3-2-4-14-32)35-27-28-48-40(29-35)38-17-7-11-21-46(38)52-48/h2-31H,1H3. The highest BCUT2D eigenvalue weighted by Gasteiger charge is 2.43. The Labute approximate surface area is 307 Å². The van der Waals surface area contributed by atoms with Crippen molar-refractivity contribution in [3.8, 4) is 22.3 Å². The molecule has 0 amide bonds. The predicted octanol–water partition coefficient (Wildman–Crippen LogP) is 14.0. The highest BCUT2D eigenvalue weighted by Crippen LogP contribution is 2.56. The van der Waals surface area contributed by atoms with E-state index in [2.05, 4.69) is 176 Å². The maximum atomic E-state index is 6.65. The molecule has 0 saturated heterocycles. The van der Waals surface area contributed by atoms with Gasteiger partial charge in [-0.1, -0.05) is 127 Å². The third-order valence-corrected chi connectivity index (χ3v) is 11.3. The van der Waals surface area contributed by atoms with Crippen molar-refractivity contribution in [3.63, 3.8) is 0 Å². The summed E-state index contributed by atoms with van der Waals surface area (Å²) in [6, 6.07) is 65.2. The van der Waals surface area contributed by atoms with E-state index < -0.39 is 5.41 Å². The number of furan rings is 2. The minimum absolute atomic E-state index is 0.482. The smallest absolute Gasteiger partial charge is 0.135 e. The highest BCUT2D eigenvalue weighted by atomic mass is 16.3. The van der Waals surface area contributed by atoms with Gasteiger partial charge in [0.15, 0.2) is 0 Å². The van der Waals surface area contributed by atoms with Crippen LogP contribution in [0.1, 0.15) is 23.6 Å². The molecule has 0 N–H and O–H groups in total. The van der Waals surface area contributed by atoms with Crippen LogP contribution in [0, 0.1) is 0 Å². The molecule has 2 heterocycles. The first-order valence-corrected chi connectivity index (χ1v) is 18.2. The summed E-state index contributed by atoms with van der Waals surface area (Å²) >= 11 is 0. The lowest BCUT2D eigenvalue weighted by molar-refractivity contribution is 0.662. The lowest BCUT2D eigenvalue weighted by Gasteiger charge is -2.35. The van der Waals surface area contributed by atoms with Gasteiger partial charge in [0.25, 0.3) is 0 Å². The summed E-state index contributed by atoms with van der Waals surface area (Å²) in [5, 5.41) is 4.38. The zero-order valence-electron chi connectivity index (χ0n) is 29.1. The third kappa shape index (κ3) is 4.41. The fourth-order valence-corrected chi connectivity index (χ4v) is 8.80. The maximum absolute atomic E-state index is 6.65. The van der Waals surface area contributed by atoms with E-state index in [1.165, 1.54) is 38.9 Å². The molecule has 3 heteroatoms. The van der Waals surface area contributed by atoms with E-state index in [-0.39, 0.29) is 0 Å². The zero-order chi connectivity index (χ0) is 35.1. The minimum atomic E-state index is -0.482. The quantitative estimate of drug-likeness (QED) is 0.181. The maximum Gasteiger partial charge on any atom is 0.135 e. The van der Waals surface area contributed by atoms with Gasteiger partial charge in [-0.2, -0.15) is 0 Å². The number of anilines is 3. The number of fused-ring (bicyclic) bond motifs is 9. The first-order chi connectivity index (χ1) is 26.1. The van der Waals surface area contributed by atoms with Gasteiger partial charge in [0, 0.05) is 38.3 Å². The lowest BCUT2D eigenvalue weighted by atomic mass is 9.73. The van der Waals surface area contributed by atoms with Gasteiger partial charge in [-0.3, -0.25) is 0 Å². The molecule has 53 heavy (non-hydrogen) atoms. The second-order valence-corrected chi connectivity index (χ2v) is 14.2. The summed E-state index contributed by atoms with van der Waals surface area (Å²) < 4.78 is 13.0. The number of hydrogen-bond acceptors (Lipinski definition) is 3. The van der Waals surface area contributed by atoms with Crippen LogP contribution in [0.15, 0.2) is 191 Å². The highest BCUT2D eigenvalue weighted by molar-refractivity contribution is 6.09. The van der Waals surface area contributed by atoms with Crippen LogP contribution in [0.4, 0.5) is 17.1 Å². The van der Waals surface area contributed by atoms with Crippen molar-refractivity contribution < 1.29 is 8.83 Å². The Kier molecular flexibility index (Phi) is 6.38. The molecule has 8 aromatic carbocycles. The van der Waals surface area contributed by atoms with Gasteiger partial charge in [0.1, 0.15) is 22.3 Å². The number of para-hydroxylation sites is 2. The van der Waals surface area contributed by atoms with Crippen LogP contribution < -0.4 is 4.90 Å². The van der Waals surface area contributed by atoms with Gasteiger partial charge in [-0.15, -0.1) is 0 Å². The van der Waals surface area contributed by atoms with Crippen molar-refractivity contribution in [2.45, 2.75) is 12.3 Å². The number of rotatable bonds is 5. The second-order valence-electron chi connectivity index (χ2n) is 14.2. The fourth-order valence-electron chi connectivity index (χ4n) is 8.80. The van der Waals surface area contributed by atoms with E-state index in [0.29, 0.717) is 0 Å². The number of nitrogens with zero attached hydrogens (tertiary/aromatic N) is 1. The molecule has 0 fully saturated rings. The Morgan fingerprint density at radius 1 is 0.377 bits per heavy atom. The van der Waals surface area contributed by atoms with E-state index >= 15 is 0 Å². The Balaban J connectivity index is 1.24. The first-order valence-electron chi connectivity index (χ1n) is 18.2. The van der Waals surface area contributed by atoms with Crippen LogP contribution in [0.3, 0.4) is 0 Å². The summed E-state index contributed by atoms with van der Waals surface area (Å²) in [5.74, 6) is 0. The average molecular weight is 680 g/mol. The van der Waals surface area contributed by atoms with Crippen molar-refractivity contribution in [2.24, 2.45) is 0 Å². The predicted molar refractivity (Wildman–Crippen MR) is 219 cm³/mol. The molecule has 250 valence electrons. The molecular formula is C50H33NO2. The minimum Gasteiger partial charge on any atom is -0.456 e. The largest absolute Gasteiger partial charge is 0.456 e. The fraction of sp³-hybridized carbons (Fsp3) is 0.0400. The summed E-state index contributed by atoms with van der Waals surface area (Å²) in [4.78, 5) is 2.43. The molecule has 3 nitrogen and oxygen atoms in total. The van der Waals surface area contributed by atoms with Crippen LogP contribution in [0.25, 0.3) is 66.1 Å². The molecule has 2 aromatic heterocycles. The first kappa shape index (κ1) is 29.8. The SMILES string of the molecule is CC1(c2cc3oc4ccccc4c3cc2N(c2ccc(-c3ccccc3)cc2)c2ccc3oc4ccccc4c3c2)c2ccccc2-c2ccccc21. The monoisotopic (exact) mass is 679 g/mol. The van der Waals surface area contributed by atoms with Gasteiger partial charge in [0.05, 0.1) is 5.69 Å². The van der Waals surface area contributed by atoms with Crippen LogP contribution in [-0.4, -0.2) is 0 Å². The van der Waals surface area contributed by atoms with Crippen LogP contribution in [0.5, 0.6) is 0 Å². The molecule has 10 aromatic rings. The van der Waals surface area contributed by atoms with Crippen molar-refractivity contribution in [2.75, 3.05) is 4.90 Å². The van der Waals surface area contributed by atoms with E-state index in [9.17, 15) is 0 Å². The molecule has 0 atom stereocenters. The molecular weight excluding hydrogens is 647 g/mol. The van der Waals surface area contributed by atoms with Crippen LogP contribution >= 0.6 is 0 Å². The molecule has 0 radical (unpaired) electrons. The Hall–Kier alpha value is -6.84. The van der Waals surface area contributed by atoms with Gasteiger partial charge >= 0.3 is 0 Å². The van der Waals surface area contributed by atoms with Crippen molar-refractivity contribution >= 4 is 60.9 Å². The van der Waals surface area contributed by atoms with E-state index in [1.807, 2.05) is 18.2 Å². The van der Waals surface area contributed by atoms with Gasteiger partial charge in [0.2, 0.25) is 0 Å². The third-order valence-electron chi connectivity index (χ3n) is 11.3. The lowest BCUT2D eigenvalue weighted by Crippen LogP contribution is -2.26. The molecule has 0 spiro atoms. The Bertz CT molecular complexity index is 2980. The van der Waals surface area contributed by atoms with Gasteiger partial charge in [-0.05, 0) is 100 Å². The normalized spacial score (nSPS) is 13.2. The number of hydrogen-bond donors (Lipinski definition) is 0. The molecule has 0 saturated carbocycles. The van der Waals surface area contributed by atoms with Gasteiger partial charge < -0.3 is 13.7 Å². The summed E-state index contributed by atoms with van der Waals surface area (Å²) in [7, 11) is 0. The molecule has 11 rings (SSSR count). The Morgan fingerprint density at radius 3 is 1.57 bits per heavy atom. The van der Waals surface area contributed by atoms with Crippen LogP contribution in [0.2, 0.25) is 0 Å². The number of benzene rings is 8. The van der Waals surface area contributed by atoms with Crippen molar-refractivity contribution in [1.82, 2.24) is 0 Å². The van der Waals surface area contributed by atoms with E-state index in [0.717, 1.165) is 60.9 Å². The molecule has 1 aliphatic rings. The summed E-state index contributed by atoms with van der Waals surface area (Å²) in [6.07, 6.45) is 0. The van der Waals surface area contributed by atoms with Crippen molar-refractivity contribution in [1.29, 1.82) is 0 Å². The topological polar surface area (TPSA) is 29.5 Å². The molecule has 0 aliphatic heterocycles. The second kappa shape index (κ2) is 11.3. The van der Waals surface area contributed by atoms with Crippen molar-refractivity contribution in [3.05, 3.63) is 199 Å². The average Bonchev–Trinajstić information content (AvgIpc) is 3.86. The zero-order valence-corrected chi connectivity index (χ0v) is 29.1. The van der Waals surface area contributed by atoms with E-state index in [1.54, 1.807) is 0 Å². The molecule has 0 unspecified atom stereocenters. The van der Waals surface area contributed by atoms with Gasteiger partial charge in [-0.25, -0.2) is 0 Å².